The van der Waals surface area contributed by atoms with Gasteiger partial charge >= 0.3 is 0 Å². The molecule has 0 saturated carbocycles. The standard InChI is InChI=1S/C19H19NO2/c1-13(7-8-14-9-11-15(22-2)12-10-14)18-16-5-3-4-6-17(16)20-19(18)21/h3-6,9-12H,7-8H2,1-2H3,(H,20,21). The number of ether oxygens (including phenoxy) is 1. The number of carbonyl (C=O) groups excluding carboxylic acids is 1. The highest BCUT2D eigenvalue weighted by Crippen LogP contribution is 2.34. The zero-order valence-corrected chi connectivity index (χ0v) is 12.8. The summed E-state index contributed by atoms with van der Waals surface area (Å²) in [4.78, 5) is 12.2. The fraction of sp³-hybridized carbons (Fsp3) is 0.211. The molecule has 3 nitrogen and oxygen atoms in total. The molecule has 112 valence electrons. The molecule has 1 aliphatic heterocycles. The summed E-state index contributed by atoms with van der Waals surface area (Å²) < 4.78 is 5.17. The quantitative estimate of drug-likeness (QED) is 0.864. The molecule has 0 spiro atoms. The number of hydrogen-bond donors (Lipinski definition) is 1. The van der Waals surface area contributed by atoms with Crippen molar-refractivity contribution < 1.29 is 9.53 Å². The molecule has 1 N–H and O–H groups in total. The van der Waals surface area contributed by atoms with Gasteiger partial charge in [0.2, 0.25) is 0 Å². The first-order valence-corrected chi connectivity index (χ1v) is 7.42. The Morgan fingerprint density at radius 2 is 1.82 bits per heavy atom. The smallest absolute Gasteiger partial charge is 0.256 e. The Hall–Kier alpha value is -2.55. The van der Waals surface area contributed by atoms with E-state index in [1.165, 1.54) is 5.56 Å². The SMILES string of the molecule is COc1ccc(CCC(C)=C2C(=O)Nc3ccccc32)cc1. The number of anilines is 1. The van der Waals surface area contributed by atoms with Crippen molar-refractivity contribution in [2.45, 2.75) is 19.8 Å². The summed E-state index contributed by atoms with van der Waals surface area (Å²) in [5.41, 5.74) is 5.11. The van der Waals surface area contributed by atoms with Crippen LogP contribution in [0.3, 0.4) is 0 Å². The second kappa shape index (κ2) is 6.06. The van der Waals surface area contributed by atoms with Gasteiger partial charge in [0.15, 0.2) is 0 Å². The van der Waals surface area contributed by atoms with Gasteiger partial charge in [-0.25, -0.2) is 0 Å². The molecule has 3 heteroatoms. The van der Waals surface area contributed by atoms with Gasteiger partial charge < -0.3 is 10.1 Å². The third kappa shape index (κ3) is 2.75. The van der Waals surface area contributed by atoms with Crippen LogP contribution >= 0.6 is 0 Å². The van der Waals surface area contributed by atoms with Crippen LogP contribution < -0.4 is 10.1 Å². The van der Waals surface area contributed by atoms with E-state index < -0.39 is 0 Å². The van der Waals surface area contributed by atoms with Crippen molar-refractivity contribution >= 4 is 17.2 Å². The zero-order valence-electron chi connectivity index (χ0n) is 12.8. The zero-order chi connectivity index (χ0) is 15.5. The molecule has 0 bridgehead atoms. The van der Waals surface area contributed by atoms with E-state index in [4.69, 9.17) is 4.74 Å². The lowest BCUT2D eigenvalue weighted by Gasteiger charge is -2.07. The van der Waals surface area contributed by atoms with Crippen LogP contribution in [-0.2, 0) is 11.2 Å². The van der Waals surface area contributed by atoms with Gasteiger partial charge in [0.25, 0.3) is 5.91 Å². The van der Waals surface area contributed by atoms with Gasteiger partial charge in [-0.15, -0.1) is 0 Å². The lowest BCUT2D eigenvalue weighted by atomic mass is 9.97. The van der Waals surface area contributed by atoms with Crippen LogP contribution in [0.15, 0.2) is 54.1 Å². The van der Waals surface area contributed by atoms with Gasteiger partial charge in [0.05, 0.1) is 7.11 Å². The number of rotatable bonds is 4. The van der Waals surface area contributed by atoms with E-state index in [-0.39, 0.29) is 5.91 Å². The van der Waals surface area contributed by atoms with E-state index in [0.29, 0.717) is 0 Å². The maximum absolute atomic E-state index is 12.2. The van der Waals surface area contributed by atoms with Crippen LogP contribution in [0.1, 0.15) is 24.5 Å². The Kier molecular flexibility index (Phi) is 3.96. The maximum atomic E-state index is 12.2. The monoisotopic (exact) mass is 293 g/mol. The summed E-state index contributed by atoms with van der Waals surface area (Å²) in [5.74, 6) is 0.872. The molecule has 1 aliphatic rings. The lowest BCUT2D eigenvalue weighted by molar-refractivity contribution is -0.110. The van der Waals surface area contributed by atoms with Crippen molar-refractivity contribution in [2.24, 2.45) is 0 Å². The predicted molar refractivity (Wildman–Crippen MR) is 89.0 cm³/mol. The predicted octanol–water partition coefficient (Wildman–Crippen LogP) is 4.05. The minimum absolute atomic E-state index is 0.00781. The molecule has 2 aromatic rings. The average Bonchev–Trinajstić information content (AvgIpc) is 2.89. The number of amides is 1. The molecular formula is C19H19NO2. The molecule has 0 unspecified atom stereocenters. The van der Waals surface area contributed by atoms with Crippen LogP contribution in [-0.4, -0.2) is 13.0 Å². The fourth-order valence-electron chi connectivity index (χ4n) is 2.79. The van der Waals surface area contributed by atoms with Crippen LogP contribution in [0.2, 0.25) is 0 Å². The number of benzene rings is 2. The third-order valence-electron chi connectivity index (χ3n) is 4.05. The number of carbonyl (C=O) groups is 1. The summed E-state index contributed by atoms with van der Waals surface area (Å²) in [6.45, 7) is 2.04. The Bertz CT molecular complexity index is 729. The van der Waals surface area contributed by atoms with E-state index in [9.17, 15) is 4.79 Å². The van der Waals surface area contributed by atoms with Crippen LogP contribution in [0.5, 0.6) is 5.75 Å². The molecule has 0 atom stereocenters. The van der Waals surface area contributed by atoms with Gasteiger partial charge in [-0.05, 0) is 43.5 Å². The number of para-hydroxylation sites is 1. The summed E-state index contributed by atoms with van der Waals surface area (Å²) in [6, 6.07) is 15.9. The molecule has 22 heavy (non-hydrogen) atoms. The van der Waals surface area contributed by atoms with Crippen molar-refractivity contribution in [2.75, 3.05) is 12.4 Å². The molecule has 3 rings (SSSR count). The Morgan fingerprint density at radius 3 is 2.55 bits per heavy atom. The third-order valence-corrected chi connectivity index (χ3v) is 4.05. The van der Waals surface area contributed by atoms with Crippen molar-refractivity contribution in [1.82, 2.24) is 0 Å². The summed E-state index contributed by atoms with van der Waals surface area (Å²) in [6.07, 6.45) is 1.78. The molecule has 0 aliphatic carbocycles. The van der Waals surface area contributed by atoms with E-state index in [1.807, 2.05) is 43.3 Å². The topological polar surface area (TPSA) is 38.3 Å². The first-order chi connectivity index (χ1) is 10.7. The van der Waals surface area contributed by atoms with Crippen molar-refractivity contribution in [1.29, 1.82) is 0 Å². The Morgan fingerprint density at radius 1 is 1.09 bits per heavy atom. The molecule has 1 amide bonds. The summed E-state index contributed by atoms with van der Waals surface area (Å²) in [5, 5.41) is 2.93. The minimum Gasteiger partial charge on any atom is -0.497 e. The summed E-state index contributed by atoms with van der Waals surface area (Å²) >= 11 is 0. The molecule has 0 radical (unpaired) electrons. The lowest BCUT2D eigenvalue weighted by Crippen LogP contribution is -2.05. The minimum atomic E-state index is 0.00781. The van der Waals surface area contributed by atoms with Gasteiger partial charge in [-0.3, -0.25) is 4.79 Å². The summed E-state index contributed by atoms with van der Waals surface area (Å²) in [7, 11) is 1.67. The van der Waals surface area contributed by atoms with Crippen molar-refractivity contribution in [3.63, 3.8) is 0 Å². The maximum Gasteiger partial charge on any atom is 0.256 e. The molecule has 2 aromatic carbocycles. The van der Waals surface area contributed by atoms with Crippen LogP contribution in [0.25, 0.3) is 5.57 Å². The number of nitrogens with one attached hydrogen (secondary N) is 1. The number of methoxy groups -OCH3 is 1. The highest BCUT2D eigenvalue weighted by Gasteiger charge is 2.25. The van der Waals surface area contributed by atoms with E-state index >= 15 is 0 Å². The van der Waals surface area contributed by atoms with Crippen molar-refractivity contribution in [3.8, 4) is 5.75 Å². The molecular weight excluding hydrogens is 274 g/mol. The number of hydrogen-bond acceptors (Lipinski definition) is 2. The van der Waals surface area contributed by atoms with Gasteiger partial charge in [-0.1, -0.05) is 35.9 Å². The van der Waals surface area contributed by atoms with Gasteiger partial charge in [0.1, 0.15) is 5.75 Å². The first kappa shape index (κ1) is 14.4. The van der Waals surface area contributed by atoms with Crippen molar-refractivity contribution in [3.05, 3.63) is 65.2 Å². The highest BCUT2D eigenvalue weighted by atomic mass is 16.5. The van der Waals surface area contributed by atoms with E-state index in [0.717, 1.165) is 41.0 Å². The van der Waals surface area contributed by atoms with Gasteiger partial charge in [-0.2, -0.15) is 0 Å². The van der Waals surface area contributed by atoms with Gasteiger partial charge in [0, 0.05) is 16.8 Å². The number of allylic oxidation sites excluding steroid dienone is 1. The Balaban J connectivity index is 1.78. The normalized spacial score (nSPS) is 15.3. The largest absolute Gasteiger partial charge is 0.497 e. The van der Waals surface area contributed by atoms with E-state index in [2.05, 4.69) is 17.4 Å². The molecule has 1 heterocycles. The second-order valence-corrected chi connectivity index (χ2v) is 5.50. The van der Waals surface area contributed by atoms with Crippen LogP contribution in [0, 0.1) is 0 Å². The molecule has 0 saturated heterocycles. The molecule has 0 fully saturated rings. The van der Waals surface area contributed by atoms with Crippen LogP contribution in [0.4, 0.5) is 5.69 Å². The second-order valence-electron chi connectivity index (χ2n) is 5.50. The fourth-order valence-corrected chi connectivity index (χ4v) is 2.79. The number of fused-ring (bicyclic) bond motifs is 1. The first-order valence-electron chi connectivity index (χ1n) is 7.42. The molecule has 0 aromatic heterocycles. The highest BCUT2D eigenvalue weighted by molar-refractivity contribution is 6.32. The number of aryl methyl sites for hydroxylation is 1. The average molecular weight is 293 g/mol. The van der Waals surface area contributed by atoms with E-state index in [1.54, 1.807) is 7.11 Å². The Labute approximate surface area is 130 Å².